The Kier molecular flexibility index (Phi) is 8.52. The van der Waals surface area contributed by atoms with Gasteiger partial charge in [-0.15, -0.1) is 15.3 Å². The highest BCUT2D eigenvalue weighted by Crippen LogP contribution is 2.43. The van der Waals surface area contributed by atoms with Gasteiger partial charge < -0.3 is 21.3 Å². The number of ether oxygens (including phenoxy) is 1. The van der Waals surface area contributed by atoms with Gasteiger partial charge in [-0.05, 0) is 42.5 Å². The van der Waals surface area contributed by atoms with E-state index in [0.717, 1.165) is 6.07 Å². The number of azo groups is 2. The van der Waals surface area contributed by atoms with E-state index in [-0.39, 0.29) is 38.9 Å². The highest BCUT2D eigenvalue weighted by atomic mass is 32.2. The van der Waals surface area contributed by atoms with E-state index in [4.69, 9.17) is 21.3 Å². The smallest absolute Gasteiger partial charge is 0.340 e. The molecule has 0 saturated heterocycles. The third-order valence-corrected chi connectivity index (χ3v) is 7.60. The van der Waals surface area contributed by atoms with Crippen molar-refractivity contribution in [2.24, 2.45) is 20.5 Å². The molecule has 0 spiro atoms. The van der Waals surface area contributed by atoms with Gasteiger partial charge in [0.1, 0.15) is 22.0 Å². The van der Waals surface area contributed by atoms with Crippen LogP contribution in [0.1, 0.15) is 10.4 Å². The molecule has 0 heterocycles. The summed E-state index contributed by atoms with van der Waals surface area (Å²) in [5.74, 6) is -1.14. The van der Waals surface area contributed by atoms with Crippen molar-refractivity contribution in [2.45, 2.75) is 9.79 Å². The summed E-state index contributed by atoms with van der Waals surface area (Å²) < 4.78 is 62.3. The van der Waals surface area contributed by atoms with Crippen LogP contribution in [0, 0.1) is 0 Å². The van der Waals surface area contributed by atoms with E-state index in [2.05, 4.69) is 20.5 Å². The van der Waals surface area contributed by atoms with Gasteiger partial charge in [-0.3, -0.25) is 4.55 Å². The number of carbonyl (C=O) groups excluding carboxylic acids is 1. The van der Waals surface area contributed by atoms with Crippen LogP contribution in [0.2, 0.25) is 0 Å². The van der Waals surface area contributed by atoms with Crippen LogP contribution in [0.3, 0.4) is 0 Å². The Morgan fingerprint density at radius 3 is 2.13 bits per heavy atom. The number of esters is 1. The number of nitrogens with two attached hydrogens (primary N) is 2. The number of rotatable bonds is 9. The number of hydrogen-bond acceptors (Lipinski definition) is 13. The lowest BCUT2D eigenvalue weighted by molar-refractivity contribution is 0.0601. The minimum absolute atomic E-state index is 0.0483. The molecular weight excluding hydrogens is 540 g/mol. The van der Waals surface area contributed by atoms with Gasteiger partial charge in [-0.1, -0.05) is 12.1 Å². The van der Waals surface area contributed by atoms with Crippen LogP contribution in [0.25, 0.3) is 0 Å². The number of methoxy groups -OCH3 is 1. The largest absolute Gasteiger partial charge is 0.465 e. The quantitative estimate of drug-likeness (QED) is 0.128. The topological polar surface area (TPSA) is 237 Å². The molecule has 3 aromatic rings. The van der Waals surface area contributed by atoms with Gasteiger partial charge in [-0.2, -0.15) is 13.5 Å². The molecule has 14 nitrogen and oxygen atoms in total. The highest BCUT2D eigenvalue weighted by molar-refractivity contribution is 7.91. The van der Waals surface area contributed by atoms with Crippen molar-refractivity contribution in [2.75, 3.05) is 30.9 Å². The molecule has 38 heavy (non-hydrogen) atoms. The molecule has 0 bridgehead atoms. The second-order valence-electron chi connectivity index (χ2n) is 7.49. The zero-order valence-corrected chi connectivity index (χ0v) is 21.3. The minimum Gasteiger partial charge on any atom is -0.465 e. The van der Waals surface area contributed by atoms with Gasteiger partial charge in [0.2, 0.25) is 0 Å². The normalized spacial score (nSPS) is 12.3. The predicted molar refractivity (Wildman–Crippen MR) is 137 cm³/mol. The van der Waals surface area contributed by atoms with Crippen LogP contribution >= 0.6 is 0 Å². The average Bonchev–Trinajstić information content (AvgIpc) is 2.87. The van der Waals surface area contributed by atoms with Crippen LogP contribution in [0.5, 0.6) is 0 Å². The van der Waals surface area contributed by atoms with Crippen molar-refractivity contribution in [3.63, 3.8) is 0 Å². The van der Waals surface area contributed by atoms with Crippen LogP contribution in [-0.2, 0) is 24.7 Å². The molecule has 0 fully saturated rings. The SMILES string of the molecule is COC(=O)c1ccccc1/N=N/c1cc(S(=O)(=O)O)c(N)c(/N=N/c2ccc(S(=O)(=O)CCO)cc2)c1N. The Morgan fingerprint density at radius 1 is 0.895 bits per heavy atom. The standard InChI is InChI=1S/C22H22N6O8S2/c1-36-22(30)15-4-2-3-5-16(15)26-27-17-12-18(38(33,34)35)20(24)21(19(17)23)28-25-13-6-8-14(9-7-13)37(31,32)11-10-29/h2-9,12,29H,10-11,23-24H2,1H3,(H,33,34,35)/b27-26+,28-25+. The molecule has 6 N–H and O–H groups in total. The van der Waals surface area contributed by atoms with Crippen molar-refractivity contribution in [3.8, 4) is 0 Å². The summed E-state index contributed by atoms with van der Waals surface area (Å²) in [4.78, 5) is 11.2. The Hall–Kier alpha value is -4.25. The number of nitrogens with zero attached hydrogens (tertiary/aromatic N) is 4. The minimum atomic E-state index is -4.86. The van der Waals surface area contributed by atoms with E-state index >= 15 is 0 Å². The van der Waals surface area contributed by atoms with E-state index in [0.29, 0.717) is 0 Å². The first-order chi connectivity index (χ1) is 17.9. The Bertz CT molecular complexity index is 1640. The molecule has 16 heteroatoms. The first kappa shape index (κ1) is 28.3. The third kappa shape index (κ3) is 6.35. The Balaban J connectivity index is 2.07. The lowest BCUT2D eigenvalue weighted by atomic mass is 10.2. The average molecular weight is 563 g/mol. The molecule has 0 aliphatic rings. The van der Waals surface area contributed by atoms with Crippen LogP contribution in [0.15, 0.2) is 84.8 Å². The van der Waals surface area contributed by atoms with E-state index in [1.165, 1.54) is 43.5 Å². The summed E-state index contributed by atoms with van der Waals surface area (Å²) in [5.41, 5.74) is 10.9. The second-order valence-corrected chi connectivity index (χ2v) is 11.0. The molecule has 0 unspecified atom stereocenters. The van der Waals surface area contributed by atoms with Crippen molar-refractivity contribution < 1.29 is 36.0 Å². The van der Waals surface area contributed by atoms with E-state index < -0.39 is 48.9 Å². The highest BCUT2D eigenvalue weighted by Gasteiger charge is 2.23. The second kappa shape index (κ2) is 11.4. The molecule has 3 rings (SSSR count). The third-order valence-electron chi connectivity index (χ3n) is 4.99. The van der Waals surface area contributed by atoms with Crippen molar-refractivity contribution >= 4 is 60.0 Å². The fraction of sp³-hybridized carbons (Fsp3) is 0.136. The van der Waals surface area contributed by atoms with Gasteiger partial charge >= 0.3 is 5.97 Å². The molecule has 0 aliphatic heterocycles. The number of aliphatic hydroxyl groups excluding tert-OH is 1. The summed E-state index contributed by atoms with van der Waals surface area (Å²) in [5, 5.41) is 24.6. The van der Waals surface area contributed by atoms with Crippen molar-refractivity contribution in [3.05, 3.63) is 60.2 Å². The number of anilines is 2. The number of sulfone groups is 1. The zero-order chi connectivity index (χ0) is 28.1. The molecule has 3 aromatic carbocycles. The number of hydrogen-bond donors (Lipinski definition) is 4. The summed E-state index contributed by atoms with van der Waals surface area (Å²) in [6.45, 7) is -0.541. The fourth-order valence-corrected chi connectivity index (χ4v) is 4.75. The van der Waals surface area contributed by atoms with Gasteiger partial charge in [0.25, 0.3) is 10.1 Å². The monoisotopic (exact) mass is 562 g/mol. The number of carbonyl (C=O) groups is 1. The predicted octanol–water partition coefficient (Wildman–Crippen LogP) is 3.48. The first-order valence-corrected chi connectivity index (χ1v) is 13.6. The van der Waals surface area contributed by atoms with E-state index in [9.17, 15) is 26.2 Å². The van der Waals surface area contributed by atoms with Gasteiger partial charge in [0, 0.05) is 0 Å². The van der Waals surface area contributed by atoms with Crippen LogP contribution < -0.4 is 11.5 Å². The molecule has 0 saturated carbocycles. The Morgan fingerprint density at radius 2 is 1.53 bits per heavy atom. The molecule has 0 aromatic heterocycles. The summed E-state index contributed by atoms with van der Waals surface area (Å²) >= 11 is 0. The maximum absolute atomic E-state index is 12.0. The summed E-state index contributed by atoms with van der Waals surface area (Å²) in [6.07, 6.45) is 0. The molecule has 200 valence electrons. The molecule has 0 amide bonds. The summed E-state index contributed by atoms with van der Waals surface area (Å²) in [6, 6.07) is 12.1. The number of benzene rings is 3. The maximum Gasteiger partial charge on any atom is 0.340 e. The zero-order valence-electron chi connectivity index (χ0n) is 19.7. The fourth-order valence-electron chi connectivity index (χ4n) is 3.08. The summed E-state index contributed by atoms with van der Waals surface area (Å²) in [7, 11) is -7.36. The van der Waals surface area contributed by atoms with E-state index in [1.807, 2.05) is 0 Å². The number of aliphatic hydroxyl groups is 1. The van der Waals surface area contributed by atoms with Gasteiger partial charge in [-0.25, -0.2) is 13.2 Å². The van der Waals surface area contributed by atoms with Gasteiger partial charge in [0.15, 0.2) is 9.84 Å². The molecular formula is C22H22N6O8S2. The van der Waals surface area contributed by atoms with Gasteiger partial charge in [0.05, 0.1) is 47.0 Å². The molecule has 0 aliphatic carbocycles. The first-order valence-electron chi connectivity index (χ1n) is 10.5. The molecule has 0 radical (unpaired) electrons. The Labute approximate surface area is 217 Å². The van der Waals surface area contributed by atoms with Crippen molar-refractivity contribution in [1.29, 1.82) is 0 Å². The van der Waals surface area contributed by atoms with Crippen molar-refractivity contribution in [1.82, 2.24) is 0 Å². The molecule has 0 atom stereocenters. The van der Waals surface area contributed by atoms with Crippen LogP contribution in [-0.4, -0.2) is 51.9 Å². The van der Waals surface area contributed by atoms with Crippen LogP contribution in [0.4, 0.5) is 34.1 Å². The van der Waals surface area contributed by atoms with E-state index in [1.54, 1.807) is 12.1 Å². The maximum atomic E-state index is 12.0. The lowest BCUT2D eigenvalue weighted by Gasteiger charge is -2.10. The lowest BCUT2D eigenvalue weighted by Crippen LogP contribution is -2.09. The number of nitrogen functional groups attached to an aromatic ring is 2.